The number of hydrogen-bond donors (Lipinski definition) is 1. The molecule has 0 radical (unpaired) electrons. The van der Waals surface area contributed by atoms with Gasteiger partial charge in [0.15, 0.2) is 0 Å². The minimum Gasteiger partial charge on any atom is -0.392 e. The summed E-state index contributed by atoms with van der Waals surface area (Å²) in [4.78, 5) is 6.49. The van der Waals surface area contributed by atoms with Crippen LogP contribution in [0.2, 0.25) is 0 Å². The molecule has 0 unspecified atom stereocenters. The van der Waals surface area contributed by atoms with Gasteiger partial charge in [-0.25, -0.2) is 4.98 Å². The van der Waals surface area contributed by atoms with Gasteiger partial charge in [-0.15, -0.1) is 0 Å². The van der Waals surface area contributed by atoms with Crippen molar-refractivity contribution < 1.29 is 5.11 Å². The number of aromatic nitrogens is 2. The third-order valence-electron chi connectivity index (χ3n) is 3.15. The van der Waals surface area contributed by atoms with E-state index in [-0.39, 0.29) is 6.61 Å². The smallest absolute Gasteiger partial charge is 0.127 e. The van der Waals surface area contributed by atoms with Crippen LogP contribution >= 0.6 is 0 Å². The van der Waals surface area contributed by atoms with Crippen molar-refractivity contribution in [1.29, 1.82) is 0 Å². The molecular weight excluding hydrogens is 226 g/mol. The van der Waals surface area contributed by atoms with Gasteiger partial charge >= 0.3 is 0 Å². The minimum atomic E-state index is 0.0875. The average Bonchev–Trinajstić information content (AvgIpc) is 2.74. The molecule has 0 aliphatic carbocycles. The lowest BCUT2D eigenvalue weighted by atomic mass is 10.1. The number of benzene rings is 1. The van der Waals surface area contributed by atoms with E-state index in [1.807, 2.05) is 42.2 Å². The first-order valence-electron chi connectivity index (χ1n) is 5.99. The Bertz CT molecular complexity index is 534. The van der Waals surface area contributed by atoms with Gasteiger partial charge in [0.05, 0.1) is 13.2 Å². The molecule has 4 heteroatoms. The van der Waals surface area contributed by atoms with Crippen LogP contribution in [0.15, 0.2) is 30.6 Å². The van der Waals surface area contributed by atoms with E-state index in [1.165, 1.54) is 5.56 Å². The molecule has 18 heavy (non-hydrogen) atoms. The second-order valence-electron chi connectivity index (χ2n) is 4.59. The van der Waals surface area contributed by atoms with E-state index in [2.05, 4.69) is 23.9 Å². The van der Waals surface area contributed by atoms with Crippen LogP contribution in [-0.2, 0) is 20.2 Å². The summed E-state index contributed by atoms with van der Waals surface area (Å²) in [5, 5.41) is 9.11. The molecular formula is C14H19N3O. The Labute approximate surface area is 108 Å². The highest BCUT2D eigenvalue weighted by molar-refractivity contribution is 5.53. The molecule has 96 valence electrons. The molecule has 0 saturated carbocycles. The van der Waals surface area contributed by atoms with Gasteiger partial charge in [0.25, 0.3) is 0 Å². The first-order valence-corrected chi connectivity index (χ1v) is 5.99. The Morgan fingerprint density at radius 1 is 1.39 bits per heavy atom. The Morgan fingerprint density at radius 3 is 2.72 bits per heavy atom. The van der Waals surface area contributed by atoms with Crippen molar-refractivity contribution >= 4 is 5.69 Å². The molecule has 0 saturated heterocycles. The second kappa shape index (κ2) is 5.23. The predicted octanol–water partition coefficient (Wildman–Crippen LogP) is 1.86. The van der Waals surface area contributed by atoms with Crippen LogP contribution in [0.3, 0.4) is 0 Å². The van der Waals surface area contributed by atoms with Crippen LogP contribution in [0.4, 0.5) is 5.69 Å². The molecule has 0 aliphatic heterocycles. The van der Waals surface area contributed by atoms with Gasteiger partial charge in [0.2, 0.25) is 0 Å². The van der Waals surface area contributed by atoms with Crippen LogP contribution in [-0.4, -0.2) is 21.7 Å². The van der Waals surface area contributed by atoms with E-state index in [0.717, 1.165) is 23.6 Å². The standard InChI is InChI=1S/C14H19N3O/c1-11-8-12(10-18)4-5-13(11)17(3)9-14-15-6-7-16(14)2/h4-8,18H,9-10H2,1-3H3. The molecule has 0 atom stereocenters. The summed E-state index contributed by atoms with van der Waals surface area (Å²) in [7, 11) is 4.05. The number of aliphatic hydroxyl groups excluding tert-OH is 1. The third-order valence-corrected chi connectivity index (χ3v) is 3.15. The highest BCUT2D eigenvalue weighted by Gasteiger charge is 2.08. The summed E-state index contributed by atoms with van der Waals surface area (Å²) in [6.07, 6.45) is 3.76. The molecule has 1 aromatic heterocycles. The molecule has 2 rings (SSSR count). The van der Waals surface area contributed by atoms with Crippen molar-refractivity contribution in [3.63, 3.8) is 0 Å². The van der Waals surface area contributed by atoms with Crippen LogP contribution in [0.5, 0.6) is 0 Å². The average molecular weight is 245 g/mol. The normalized spacial score (nSPS) is 10.7. The van der Waals surface area contributed by atoms with E-state index >= 15 is 0 Å². The van der Waals surface area contributed by atoms with Crippen LogP contribution < -0.4 is 4.90 Å². The monoisotopic (exact) mass is 245 g/mol. The maximum atomic E-state index is 9.11. The lowest BCUT2D eigenvalue weighted by Gasteiger charge is -2.21. The lowest BCUT2D eigenvalue weighted by molar-refractivity contribution is 0.282. The first kappa shape index (κ1) is 12.6. The number of hydrogen-bond acceptors (Lipinski definition) is 3. The first-order chi connectivity index (χ1) is 8.61. The van der Waals surface area contributed by atoms with E-state index in [0.29, 0.717) is 0 Å². The zero-order valence-electron chi connectivity index (χ0n) is 11.1. The molecule has 0 amide bonds. The van der Waals surface area contributed by atoms with Gasteiger partial charge in [0.1, 0.15) is 5.82 Å². The van der Waals surface area contributed by atoms with Crippen molar-refractivity contribution in [2.75, 3.05) is 11.9 Å². The van der Waals surface area contributed by atoms with Crippen LogP contribution in [0.1, 0.15) is 17.0 Å². The quantitative estimate of drug-likeness (QED) is 0.894. The second-order valence-corrected chi connectivity index (χ2v) is 4.59. The summed E-state index contributed by atoms with van der Waals surface area (Å²) < 4.78 is 2.02. The molecule has 1 N–H and O–H groups in total. The largest absolute Gasteiger partial charge is 0.392 e. The number of anilines is 1. The summed E-state index contributed by atoms with van der Waals surface area (Å²) in [5.41, 5.74) is 3.27. The summed E-state index contributed by atoms with van der Waals surface area (Å²) in [5.74, 6) is 1.03. The number of rotatable bonds is 4. The Balaban J connectivity index is 2.19. The number of imidazole rings is 1. The summed E-state index contributed by atoms with van der Waals surface area (Å²) >= 11 is 0. The molecule has 0 bridgehead atoms. The fourth-order valence-electron chi connectivity index (χ4n) is 2.09. The zero-order chi connectivity index (χ0) is 13.1. The molecule has 4 nitrogen and oxygen atoms in total. The number of nitrogens with zero attached hydrogens (tertiary/aromatic N) is 3. The summed E-state index contributed by atoms with van der Waals surface area (Å²) in [6, 6.07) is 6.02. The third kappa shape index (κ3) is 2.54. The van der Waals surface area contributed by atoms with Crippen molar-refractivity contribution in [3.8, 4) is 0 Å². The SMILES string of the molecule is Cc1cc(CO)ccc1N(C)Cc1nccn1C. The molecule has 2 aromatic rings. The van der Waals surface area contributed by atoms with E-state index in [9.17, 15) is 0 Å². The Kier molecular flexibility index (Phi) is 3.67. The Morgan fingerprint density at radius 2 is 2.17 bits per heavy atom. The van der Waals surface area contributed by atoms with Crippen molar-refractivity contribution in [1.82, 2.24) is 9.55 Å². The highest BCUT2D eigenvalue weighted by atomic mass is 16.3. The molecule has 1 aromatic carbocycles. The van der Waals surface area contributed by atoms with Gasteiger partial charge in [-0.3, -0.25) is 0 Å². The van der Waals surface area contributed by atoms with Crippen molar-refractivity contribution in [3.05, 3.63) is 47.5 Å². The van der Waals surface area contributed by atoms with Gasteiger partial charge in [0, 0.05) is 32.2 Å². The number of aliphatic hydroxyl groups is 1. The van der Waals surface area contributed by atoms with Gasteiger partial charge in [-0.05, 0) is 24.1 Å². The fraction of sp³-hybridized carbons (Fsp3) is 0.357. The summed E-state index contributed by atoms with van der Waals surface area (Å²) in [6.45, 7) is 2.91. The van der Waals surface area contributed by atoms with Crippen molar-refractivity contribution in [2.45, 2.75) is 20.1 Å². The molecule has 0 fully saturated rings. The van der Waals surface area contributed by atoms with E-state index in [4.69, 9.17) is 5.11 Å². The zero-order valence-corrected chi connectivity index (χ0v) is 11.1. The lowest BCUT2D eigenvalue weighted by Crippen LogP contribution is -2.19. The van der Waals surface area contributed by atoms with E-state index < -0.39 is 0 Å². The topological polar surface area (TPSA) is 41.3 Å². The van der Waals surface area contributed by atoms with Gasteiger partial charge in [-0.1, -0.05) is 12.1 Å². The molecule has 0 spiro atoms. The fourth-order valence-corrected chi connectivity index (χ4v) is 2.09. The maximum absolute atomic E-state index is 9.11. The number of aryl methyl sites for hydroxylation is 2. The van der Waals surface area contributed by atoms with Gasteiger partial charge < -0.3 is 14.6 Å². The van der Waals surface area contributed by atoms with E-state index in [1.54, 1.807) is 0 Å². The van der Waals surface area contributed by atoms with Crippen LogP contribution in [0, 0.1) is 6.92 Å². The predicted molar refractivity (Wildman–Crippen MR) is 72.4 cm³/mol. The Hall–Kier alpha value is -1.81. The van der Waals surface area contributed by atoms with Gasteiger partial charge in [-0.2, -0.15) is 0 Å². The molecule has 1 heterocycles. The molecule has 0 aliphatic rings. The highest BCUT2D eigenvalue weighted by Crippen LogP contribution is 2.21. The van der Waals surface area contributed by atoms with Crippen molar-refractivity contribution in [2.24, 2.45) is 7.05 Å². The van der Waals surface area contributed by atoms with Crippen LogP contribution in [0.25, 0.3) is 0 Å². The minimum absolute atomic E-state index is 0.0875. The maximum Gasteiger partial charge on any atom is 0.127 e.